The van der Waals surface area contributed by atoms with E-state index in [9.17, 15) is 8.42 Å². The summed E-state index contributed by atoms with van der Waals surface area (Å²) >= 11 is 0. The molecule has 0 saturated carbocycles. The Morgan fingerprint density at radius 1 is 1.33 bits per heavy atom. The van der Waals surface area contributed by atoms with Crippen LogP contribution in [0.1, 0.15) is 31.7 Å². The lowest BCUT2D eigenvalue weighted by Gasteiger charge is -2.13. The number of benzene rings is 1. The topological polar surface area (TPSA) is 43.4 Å². The number of hydrogen-bond acceptors (Lipinski definition) is 3. The van der Waals surface area contributed by atoms with E-state index in [1.165, 1.54) is 7.11 Å². The van der Waals surface area contributed by atoms with Gasteiger partial charge < -0.3 is 0 Å². The van der Waals surface area contributed by atoms with E-state index in [0.717, 1.165) is 12.0 Å². The molecule has 3 nitrogen and oxygen atoms in total. The minimum atomic E-state index is -3.58. The second-order valence-corrected chi connectivity index (χ2v) is 5.15. The van der Waals surface area contributed by atoms with Crippen molar-refractivity contribution in [1.82, 2.24) is 0 Å². The first kappa shape index (κ1) is 12.2. The number of rotatable bonds is 4. The van der Waals surface area contributed by atoms with Crippen molar-refractivity contribution in [3.8, 4) is 0 Å². The van der Waals surface area contributed by atoms with Gasteiger partial charge in [-0.15, -0.1) is 0 Å². The standard InChI is InChI=1S/C11H16O3S/c1-4-9(2)10-7-5-6-8-11(10)15(12,13)14-3/h5-9H,4H2,1-3H3. The molecule has 4 heteroatoms. The fourth-order valence-corrected chi connectivity index (χ4v) is 2.41. The first-order valence-electron chi connectivity index (χ1n) is 4.92. The van der Waals surface area contributed by atoms with Crippen LogP contribution in [0.2, 0.25) is 0 Å². The Kier molecular flexibility index (Phi) is 3.88. The molecule has 1 rings (SSSR count). The van der Waals surface area contributed by atoms with Crippen molar-refractivity contribution in [2.75, 3.05) is 7.11 Å². The van der Waals surface area contributed by atoms with Gasteiger partial charge in [0.05, 0.1) is 12.0 Å². The molecule has 0 saturated heterocycles. The van der Waals surface area contributed by atoms with Crippen LogP contribution in [0, 0.1) is 0 Å². The average Bonchev–Trinajstić information content (AvgIpc) is 2.28. The maximum absolute atomic E-state index is 11.6. The molecule has 0 heterocycles. The third-order valence-electron chi connectivity index (χ3n) is 2.55. The van der Waals surface area contributed by atoms with E-state index in [-0.39, 0.29) is 10.8 Å². The molecule has 0 spiro atoms. The number of hydrogen-bond donors (Lipinski definition) is 0. The summed E-state index contributed by atoms with van der Waals surface area (Å²) in [6.45, 7) is 4.03. The highest BCUT2D eigenvalue weighted by atomic mass is 32.2. The van der Waals surface area contributed by atoms with Crippen LogP contribution in [0.5, 0.6) is 0 Å². The molecule has 1 aromatic carbocycles. The van der Waals surface area contributed by atoms with E-state index >= 15 is 0 Å². The lowest BCUT2D eigenvalue weighted by molar-refractivity contribution is 0.396. The van der Waals surface area contributed by atoms with Gasteiger partial charge >= 0.3 is 0 Å². The highest BCUT2D eigenvalue weighted by molar-refractivity contribution is 7.86. The van der Waals surface area contributed by atoms with E-state index in [1.807, 2.05) is 26.0 Å². The molecule has 1 unspecified atom stereocenters. The van der Waals surface area contributed by atoms with Gasteiger partial charge in [-0.05, 0) is 24.0 Å². The molecule has 0 aliphatic carbocycles. The maximum Gasteiger partial charge on any atom is 0.296 e. The largest absolute Gasteiger partial charge is 0.296 e. The van der Waals surface area contributed by atoms with Crippen LogP contribution in [-0.4, -0.2) is 15.5 Å². The van der Waals surface area contributed by atoms with E-state index in [4.69, 9.17) is 0 Å². The molecule has 1 aromatic rings. The van der Waals surface area contributed by atoms with E-state index in [0.29, 0.717) is 0 Å². The quantitative estimate of drug-likeness (QED) is 0.744. The van der Waals surface area contributed by atoms with Crippen LogP contribution in [0.3, 0.4) is 0 Å². The summed E-state index contributed by atoms with van der Waals surface area (Å²) in [4.78, 5) is 0.279. The van der Waals surface area contributed by atoms with Crippen molar-refractivity contribution in [2.45, 2.75) is 31.1 Å². The van der Waals surface area contributed by atoms with Crippen molar-refractivity contribution in [2.24, 2.45) is 0 Å². The Morgan fingerprint density at radius 2 is 1.93 bits per heavy atom. The molecule has 15 heavy (non-hydrogen) atoms. The monoisotopic (exact) mass is 228 g/mol. The molecule has 0 bridgehead atoms. The predicted octanol–water partition coefficient (Wildman–Crippen LogP) is 2.54. The minimum Gasteiger partial charge on any atom is -0.270 e. The summed E-state index contributed by atoms with van der Waals surface area (Å²) in [7, 11) is -2.40. The van der Waals surface area contributed by atoms with Gasteiger partial charge in [0.25, 0.3) is 10.1 Å². The van der Waals surface area contributed by atoms with Gasteiger partial charge in [0, 0.05) is 0 Å². The molecule has 0 aromatic heterocycles. The van der Waals surface area contributed by atoms with Gasteiger partial charge in [-0.1, -0.05) is 32.0 Å². The summed E-state index contributed by atoms with van der Waals surface area (Å²) in [5, 5.41) is 0. The van der Waals surface area contributed by atoms with Gasteiger partial charge in [0.15, 0.2) is 0 Å². The third kappa shape index (κ3) is 2.58. The Bertz CT molecular complexity index is 423. The van der Waals surface area contributed by atoms with Gasteiger partial charge in [-0.3, -0.25) is 4.18 Å². The molecule has 0 radical (unpaired) electrons. The zero-order valence-corrected chi connectivity index (χ0v) is 10.0. The van der Waals surface area contributed by atoms with Crippen molar-refractivity contribution < 1.29 is 12.6 Å². The molecule has 0 fully saturated rings. The average molecular weight is 228 g/mol. The second-order valence-electron chi connectivity index (χ2n) is 3.47. The molecular formula is C11H16O3S. The van der Waals surface area contributed by atoms with E-state index < -0.39 is 10.1 Å². The molecule has 1 atom stereocenters. The Balaban J connectivity index is 3.30. The van der Waals surface area contributed by atoms with Crippen molar-refractivity contribution in [1.29, 1.82) is 0 Å². The summed E-state index contributed by atoms with van der Waals surface area (Å²) in [5.41, 5.74) is 0.821. The van der Waals surface area contributed by atoms with Gasteiger partial charge in [-0.2, -0.15) is 8.42 Å². The minimum absolute atomic E-state index is 0.214. The molecule has 0 N–H and O–H groups in total. The molecule has 84 valence electrons. The van der Waals surface area contributed by atoms with E-state index in [2.05, 4.69) is 4.18 Å². The maximum atomic E-state index is 11.6. The smallest absolute Gasteiger partial charge is 0.270 e. The Labute approximate surface area is 91.2 Å². The zero-order valence-electron chi connectivity index (χ0n) is 9.23. The SMILES string of the molecule is CCC(C)c1ccccc1S(=O)(=O)OC. The summed E-state index contributed by atoms with van der Waals surface area (Å²) < 4.78 is 27.8. The highest BCUT2D eigenvalue weighted by Gasteiger charge is 2.19. The van der Waals surface area contributed by atoms with Crippen molar-refractivity contribution in [3.05, 3.63) is 29.8 Å². The molecule has 0 aliphatic rings. The second kappa shape index (κ2) is 4.77. The van der Waals surface area contributed by atoms with Crippen LogP contribution in [0.4, 0.5) is 0 Å². The fourth-order valence-electron chi connectivity index (χ4n) is 1.43. The van der Waals surface area contributed by atoms with Crippen molar-refractivity contribution >= 4 is 10.1 Å². The molecular weight excluding hydrogens is 212 g/mol. The van der Waals surface area contributed by atoms with Crippen LogP contribution >= 0.6 is 0 Å². The normalized spacial score (nSPS) is 13.8. The predicted molar refractivity (Wildman–Crippen MR) is 59.3 cm³/mol. The fraction of sp³-hybridized carbons (Fsp3) is 0.455. The van der Waals surface area contributed by atoms with Crippen LogP contribution in [-0.2, 0) is 14.3 Å². The Hall–Kier alpha value is -0.870. The third-order valence-corrected chi connectivity index (χ3v) is 3.90. The van der Waals surface area contributed by atoms with E-state index in [1.54, 1.807) is 12.1 Å². The zero-order chi connectivity index (χ0) is 11.5. The summed E-state index contributed by atoms with van der Waals surface area (Å²) in [5.74, 6) is 0.214. The summed E-state index contributed by atoms with van der Waals surface area (Å²) in [6, 6.07) is 6.97. The van der Waals surface area contributed by atoms with Gasteiger partial charge in [0.1, 0.15) is 0 Å². The van der Waals surface area contributed by atoms with Gasteiger partial charge in [0.2, 0.25) is 0 Å². The van der Waals surface area contributed by atoms with Crippen LogP contribution in [0.25, 0.3) is 0 Å². The summed E-state index contributed by atoms with van der Waals surface area (Å²) in [6.07, 6.45) is 0.899. The highest BCUT2D eigenvalue weighted by Crippen LogP contribution is 2.26. The first-order valence-corrected chi connectivity index (χ1v) is 6.33. The van der Waals surface area contributed by atoms with Crippen LogP contribution < -0.4 is 0 Å². The Morgan fingerprint density at radius 3 is 2.47 bits per heavy atom. The molecule has 0 amide bonds. The van der Waals surface area contributed by atoms with Crippen LogP contribution in [0.15, 0.2) is 29.2 Å². The first-order chi connectivity index (χ1) is 7.03. The van der Waals surface area contributed by atoms with Crippen molar-refractivity contribution in [3.63, 3.8) is 0 Å². The molecule has 0 aliphatic heterocycles. The lowest BCUT2D eigenvalue weighted by Crippen LogP contribution is -2.08. The van der Waals surface area contributed by atoms with Gasteiger partial charge in [-0.25, -0.2) is 0 Å². The lowest BCUT2D eigenvalue weighted by atomic mass is 9.99.